The van der Waals surface area contributed by atoms with Gasteiger partial charge in [-0.2, -0.15) is 4.72 Å². The van der Waals surface area contributed by atoms with Gasteiger partial charge in [0.1, 0.15) is 4.90 Å². The number of anilines is 1. The van der Waals surface area contributed by atoms with Crippen molar-refractivity contribution in [3.8, 4) is 0 Å². The SMILES string of the molecule is O=S1(=O)NC(C23CCC(CC2)C3)Nc2c(Br)cc(Br)cc21. The summed E-state index contributed by atoms with van der Waals surface area (Å²) in [4.78, 5) is 0.309. The third-order valence-electron chi connectivity index (χ3n) is 5.28. The maximum absolute atomic E-state index is 12.6. The summed E-state index contributed by atoms with van der Waals surface area (Å²) in [5.41, 5.74) is 0.772. The lowest BCUT2D eigenvalue weighted by molar-refractivity contribution is 0.234. The van der Waals surface area contributed by atoms with E-state index in [0.717, 1.165) is 34.1 Å². The summed E-state index contributed by atoms with van der Waals surface area (Å²) in [7, 11) is -3.48. The molecular weight excluding hydrogens is 420 g/mol. The molecule has 1 unspecified atom stereocenters. The summed E-state index contributed by atoms with van der Waals surface area (Å²) in [6.07, 6.45) is 5.63. The Hall–Kier alpha value is -0.110. The number of nitrogens with one attached hydrogen (secondary N) is 2. The molecule has 2 bridgehead atoms. The zero-order valence-corrected chi connectivity index (χ0v) is 15.3. The molecule has 2 aliphatic carbocycles. The molecule has 114 valence electrons. The molecule has 0 aromatic heterocycles. The van der Waals surface area contributed by atoms with Crippen LogP contribution in [0.1, 0.15) is 32.1 Å². The van der Waals surface area contributed by atoms with Gasteiger partial charge in [0.25, 0.3) is 0 Å². The largest absolute Gasteiger partial charge is 0.366 e. The highest BCUT2D eigenvalue weighted by atomic mass is 79.9. The fourth-order valence-corrected chi connectivity index (χ4v) is 7.30. The third kappa shape index (κ3) is 2.19. The van der Waals surface area contributed by atoms with Gasteiger partial charge in [0.15, 0.2) is 0 Å². The van der Waals surface area contributed by atoms with Gasteiger partial charge in [0, 0.05) is 14.4 Å². The smallest absolute Gasteiger partial charge is 0.244 e. The second kappa shape index (κ2) is 4.69. The number of halogens is 2. The van der Waals surface area contributed by atoms with Crippen LogP contribution in [-0.4, -0.2) is 14.6 Å². The maximum Gasteiger partial charge on any atom is 0.244 e. The zero-order chi connectivity index (χ0) is 14.8. The van der Waals surface area contributed by atoms with Gasteiger partial charge in [0.05, 0.1) is 11.9 Å². The molecule has 2 saturated carbocycles. The summed E-state index contributed by atoms with van der Waals surface area (Å²) in [6.45, 7) is 0. The highest BCUT2D eigenvalue weighted by Gasteiger charge is 2.52. The fourth-order valence-electron chi connectivity index (χ4n) is 4.21. The first-order valence-electron chi connectivity index (χ1n) is 7.18. The van der Waals surface area contributed by atoms with Crippen LogP contribution in [-0.2, 0) is 10.0 Å². The monoisotopic (exact) mass is 434 g/mol. The van der Waals surface area contributed by atoms with Gasteiger partial charge in [-0.05, 0) is 66.1 Å². The van der Waals surface area contributed by atoms with Gasteiger partial charge in [0.2, 0.25) is 10.0 Å². The average Bonchev–Trinajstić information content (AvgIpc) is 3.01. The van der Waals surface area contributed by atoms with E-state index in [1.807, 2.05) is 6.07 Å². The van der Waals surface area contributed by atoms with Crippen molar-refractivity contribution in [2.24, 2.45) is 11.3 Å². The predicted molar refractivity (Wildman–Crippen MR) is 88.6 cm³/mol. The summed E-state index contributed by atoms with van der Waals surface area (Å²) in [5.74, 6) is 0.783. The first kappa shape index (κ1) is 14.5. The molecule has 7 heteroatoms. The normalized spacial score (nSPS) is 36.3. The Morgan fingerprint density at radius 2 is 1.90 bits per heavy atom. The van der Waals surface area contributed by atoms with E-state index in [4.69, 9.17) is 0 Å². The van der Waals surface area contributed by atoms with E-state index in [2.05, 4.69) is 41.9 Å². The summed E-state index contributed by atoms with van der Waals surface area (Å²) < 4.78 is 29.7. The lowest BCUT2D eigenvalue weighted by Crippen LogP contribution is -2.53. The Morgan fingerprint density at radius 1 is 1.19 bits per heavy atom. The summed E-state index contributed by atoms with van der Waals surface area (Å²) in [5, 5.41) is 3.45. The molecule has 1 atom stereocenters. The second-order valence-corrected chi connectivity index (χ2v) is 9.92. The van der Waals surface area contributed by atoms with Crippen LogP contribution in [0.5, 0.6) is 0 Å². The highest BCUT2D eigenvalue weighted by molar-refractivity contribution is 9.11. The number of sulfonamides is 1. The van der Waals surface area contributed by atoms with Crippen LogP contribution < -0.4 is 10.0 Å². The number of hydrogen-bond donors (Lipinski definition) is 2. The molecule has 0 amide bonds. The van der Waals surface area contributed by atoms with Crippen molar-refractivity contribution in [2.45, 2.75) is 43.2 Å². The van der Waals surface area contributed by atoms with E-state index in [9.17, 15) is 8.42 Å². The molecule has 4 rings (SSSR count). The number of hydrogen-bond acceptors (Lipinski definition) is 3. The van der Waals surface area contributed by atoms with Gasteiger partial charge in [-0.1, -0.05) is 15.9 Å². The molecule has 2 N–H and O–H groups in total. The summed E-state index contributed by atoms with van der Waals surface area (Å²) >= 11 is 6.84. The van der Waals surface area contributed by atoms with Crippen LogP contribution in [0.4, 0.5) is 5.69 Å². The van der Waals surface area contributed by atoms with Crippen LogP contribution in [0.25, 0.3) is 0 Å². The maximum atomic E-state index is 12.6. The van der Waals surface area contributed by atoms with Crippen molar-refractivity contribution in [3.05, 3.63) is 21.1 Å². The number of fused-ring (bicyclic) bond motifs is 3. The quantitative estimate of drug-likeness (QED) is 0.704. The number of benzene rings is 1. The van der Waals surface area contributed by atoms with Gasteiger partial charge in [-0.3, -0.25) is 0 Å². The molecule has 0 saturated heterocycles. The second-order valence-electron chi connectivity index (χ2n) is 6.47. The van der Waals surface area contributed by atoms with E-state index in [0.29, 0.717) is 10.6 Å². The Bertz CT molecular complexity index is 712. The van der Waals surface area contributed by atoms with E-state index < -0.39 is 10.0 Å². The van der Waals surface area contributed by atoms with Gasteiger partial charge >= 0.3 is 0 Å². The van der Waals surface area contributed by atoms with Crippen molar-refractivity contribution in [3.63, 3.8) is 0 Å². The van der Waals surface area contributed by atoms with E-state index in [1.54, 1.807) is 6.07 Å². The van der Waals surface area contributed by atoms with Crippen LogP contribution in [0.15, 0.2) is 26.0 Å². The summed E-state index contributed by atoms with van der Waals surface area (Å²) in [6, 6.07) is 3.53. The minimum atomic E-state index is -3.48. The number of rotatable bonds is 1. The molecule has 21 heavy (non-hydrogen) atoms. The van der Waals surface area contributed by atoms with Crippen LogP contribution in [0, 0.1) is 11.3 Å². The van der Waals surface area contributed by atoms with E-state index in [-0.39, 0.29) is 11.6 Å². The Balaban J connectivity index is 1.79. The molecule has 3 aliphatic rings. The first-order valence-corrected chi connectivity index (χ1v) is 10.2. The minimum absolute atomic E-state index is 0.0853. The van der Waals surface area contributed by atoms with Crippen molar-refractivity contribution in [1.82, 2.24) is 4.72 Å². The topological polar surface area (TPSA) is 58.2 Å². The molecule has 1 heterocycles. The molecule has 0 radical (unpaired) electrons. The van der Waals surface area contributed by atoms with Crippen molar-refractivity contribution < 1.29 is 8.42 Å². The molecule has 0 spiro atoms. The van der Waals surface area contributed by atoms with Gasteiger partial charge < -0.3 is 5.32 Å². The van der Waals surface area contributed by atoms with Crippen molar-refractivity contribution in [1.29, 1.82) is 0 Å². The lowest BCUT2D eigenvalue weighted by Gasteiger charge is -2.40. The fraction of sp³-hybridized carbons (Fsp3) is 0.571. The molecular formula is C14H16Br2N2O2S. The van der Waals surface area contributed by atoms with E-state index in [1.165, 1.54) is 12.8 Å². The molecule has 4 nitrogen and oxygen atoms in total. The van der Waals surface area contributed by atoms with Crippen LogP contribution in [0.2, 0.25) is 0 Å². The van der Waals surface area contributed by atoms with Crippen molar-refractivity contribution >= 4 is 47.6 Å². The predicted octanol–water partition coefficient (Wildman–Crippen LogP) is 3.82. The van der Waals surface area contributed by atoms with Crippen LogP contribution >= 0.6 is 31.9 Å². The molecule has 1 aliphatic heterocycles. The molecule has 1 aromatic rings. The minimum Gasteiger partial charge on any atom is -0.366 e. The van der Waals surface area contributed by atoms with Gasteiger partial charge in [-0.15, -0.1) is 0 Å². The standard InChI is InChI=1S/C14H16Br2N2O2S/c15-9-5-10(16)12-11(6-9)21(19,20)18-13(17-12)14-3-1-8(7-14)2-4-14/h5-6,8,13,17-18H,1-4,7H2. The Kier molecular flexibility index (Phi) is 3.24. The Morgan fingerprint density at radius 3 is 2.52 bits per heavy atom. The lowest BCUT2D eigenvalue weighted by atomic mass is 9.81. The average molecular weight is 436 g/mol. The first-order chi connectivity index (χ1) is 9.90. The highest BCUT2D eigenvalue weighted by Crippen LogP contribution is 2.57. The molecule has 1 aromatic carbocycles. The Labute approximate surface area is 141 Å². The van der Waals surface area contributed by atoms with Crippen molar-refractivity contribution in [2.75, 3.05) is 5.32 Å². The third-order valence-corrected chi connectivity index (χ3v) is 7.81. The zero-order valence-electron chi connectivity index (χ0n) is 11.3. The van der Waals surface area contributed by atoms with E-state index >= 15 is 0 Å². The van der Waals surface area contributed by atoms with Gasteiger partial charge in [-0.25, -0.2) is 8.42 Å². The molecule has 2 fully saturated rings. The van der Waals surface area contributed by atoms with Crippen LogP contribution in [0.3, 0.4) is 0 Å².